The Morgan fingerprint density at radius 3 is 1.77 bits per heavy atom. The van der Waals surface area contributed by atoms with Gasteiger partial charge in [-0.15, -0.1) is 0 Å². The summed E-state index contributed by atoms with van der Waals surface area (Å²) in [5.74, 6) is 7.44. The first-order valence-corrected chi connectivity index (χ1v) is 5.88. The Labute approximate surface area is 81.2 Å². The molecule has 2 nitrogen and oxygen atoms in total. The van der Waals surface area contributed by atoms with Gasteiger partial charge in [0.1, 0.15) is 0 Å². The van der Waals surface area contributed by atoms with Gasteiger partial charge in [-0.3, -0.25) is 11.3 Å². The molecule has 0 aromatic carbocycles. The Morgan fingerprint density at radius 2 is 1.38 bits per heavy atom. The van der Waals surface area contributed by atoms with Crippen molar-refractivity contribution in [2.45, 2.75) is 57.4 Å². The van der Waals surface area contributed by atoms with Gasteiger partial charge >= 0.3 is 0 Å². The maximum Gasteiger partial charge on any atom is 0.0266 e. The summed E-state index contributed by atoms with van der Waals surface area (Å²) in [4.78, 5) is 0. The minimum atomic E-state index is 0.633. The van der Waals surface area contributed by atoms with Crippen LogP contribution in [0.15, 0.2) is 0 Å². The highest BCUT2D eigenvalue weighted by molar-refractivity contribution is 4.87. The van der Waals surface area contributed by atoms with Gasteiger partial charge in [-0.1, -0.05) is 25.7 Å². The van der Waals surface area contributed by atoms with Crippen LogP contribution in [0.5, 0.6) is 0 Å². The minimum Gasteiger partial charge on any atom is -0.271 e. The maximum absolute atomic E-state index is 5.66. The monoisotopic (exact) mass is 182 g/mol. The van der Waals surface area contributed by atoms with Gasteiger partial charge in [-0.05, 0) is 37.5 Å². The molecule has 13 heavy (non-hydrogen) atoms. The third-order valence-electron chi connectivity index (χ3n) is 4.01. The fourth-order valence-corrected chi connectivity index (χ4v) is 2.95. The molecule has 0 heterocycles. The molecule has 1 unspecified atom stereocenters. The van der Waals surface area contributed by atoms with E-state index >= 15 is 0 Å². The van der Waals surface area contributed by atoms with Crippen molar-refractivity contribution in [1.29, 1.82) is 0 Å². The first-order valence-electron chi connectivity index (χ1n) is 5.88. The number of hydrogen-bond donors (Lipinski definition) is 2. The molecular weight excluding hydrogens is 160 g/mol. The summed E-state index contributed by atoms with van der Waals surface area (Å²) in [6, 6.07) is 0.633. The molecule has 2 saturated carbocycles. The highest BCUT2D eigenvalue weighted by Crippen LogP contribution is 2.37. The van der Waals surface area contributed by atoms with Gasteiger partial charge in [0.2, 0.25) is 0 Å². The van der Waals surface area contributed by atoms with Crippen molar-refractivity contribution >= 4 is 0 Å². The molecule has 3 N–H and O–H groups in total. The molecule has 0 bridgehead atoms. The highest BCUT2D eigenvalue weighted by Gasteiger charge is 2.32. The van der Waals surface area contributed by atoms with Crippen molar-refractivity contribution in [3.8, 4) is 0 Å². The van der Waals surface area contributed by atoms with E-state index in [9.17, 15) is 0 Å². The van der Waals surface area contributed by atoms with Crippen molar-refractivity contribution < 1.29 is 0 Å². The lowest BCUT2D eigenvalue weighted by Gasteiger charge is -2.39. The fraction of sp³-hybridized carbons (Fsp3) is 1.00. The number of nitrogens with one attached hydrogen (secondary N) is 1. The molecule has 0 aliphatic heterocycles. The maximum atomic E-state index is 5.66. The summed E-state index contributed by atoms with van der Waals surface area (Å²) in [6.07, 6.45) is 11.4. The fourth-order valence-electron chi connectivity index (χ4n) is 2.95. The van der Waals surface area contributed by atoms with E-state index in [1.165, 1.54) is 51.4 Å². The average Bonchev–Trinajstić information content (AvgIpc) is 2.12. The summed E-state index contributed by atoms with van der Waals surface area (Å²) in [6.45, 7) is 0. The number of hydrogen-bond acceptors (Lipinski definition) is 2. The molecule has 0 aromatic rings. The Balaban J connectivity index is 1.86. The quantitative estimate of drug-likeness (QED) is 0.518. The van der Waals surface area contributed by atoms with Crippen LogP contribution >= 0.6 is 0 Å². The van der Waals surface area contributed by atoms with Crippen LogP contribution in [0.1, 0.15) is 51.4 Å². The molecule has 0 amide bonds. The van der Waals surface area contributed by atoms with Crippen LogP contribution in [-0.2, 0) is 0 Å². The lowest BCUT2D eigenvalue weighted by atomic mass is 9.71. The molecule has 1 atom stereocenters. The first kappa shape index (κ1) is 9.47. The van der Waals surface area contributed by atoms with E-state index in [0.29, 0.717) is 6.04 Å². The Hall–Kier alpha value is -0.0800. The summed E-state index contributed by atoms with van der Waals surface area (Å²) in [5, 5.41) is 0. The molecule has 2 aliphatic rings. The molecular formula is C11H22N2. The standard InChI is InChI=1S/C11H22N2/c12-13-11(10-7-4-8-10)9-5-2-1-3-6-9/h9-11,13H,1-8,12H2. The van der Waals surface area contributed by atoms with Gasteiger partial charge in [0.05, 0.1) is 0 Å². The third kappa shape index (κ3) is 2.05. The topological polar surface area (TPSA) is 38.0 Å². The van der Waals surface area contributed by atoms with Crippen LogP contribution in [0.2, 0.25) is 0 Å². The molecule has 76 valence electrons. The van der Waals surface area contributed by atoms with E-state index in [1.807, 2.05) is 0 Å². The van der Waals surface area contributed by atoms with Crippen molar-refractivity contribution in [2.24, 2.45) is 17.7 Å². The zero-order valence-corrected chi connectivity index (χ0v) is 8.47. The van der Waals surface area contributed by atoms with E-state index in [-0.39, 0.29) is 0 Å². The van der Waals surface area contributed by atoms with E-state index in [4.69, 9.17) is 5.84 Å². The molecule has 0 spiro atoms. The lowest BCUT2D eigenvalue weighted by Crippen LogP contribution is -2.48. The Bertz CT molecular complexity index is 148. The van der Waals surface area contributed by atoms with Crippen LogP contribution in [0.25, 0.3) is 0 Å². The van der Waals surface area contributed by atoms with E-state index < -0.39 is 0 Å². The van der Waals surface area contributed by atoms with E-state index in [1.54, 1.807) is 0 Å². The number of hydrazine groups is 1. The van der Waals surface area contributed by atoms with Gasteiger partial charge in [0, 0.05) is 6.04 Å². The molecule has 0 saturated heterocycles. The van der Waals surface area contributed by atoms with Crippen LogP contribution in [-0.4, -0.2) is 6.04 Å². The smallest absolute Gasteiger partial charge is 0.0266 e. The predicted octanol–water partition coefficient (Wildman–Crippen LogP) is 2.20. The molecule has 0 radical (unpaired) electrons. The molecule has 2 heteroatoms. The second kappa shape index (κ2) is 4.43. The second-order valence-corrected chi connectivity index (χ2v) is 4.78. The number of rotatable bonds is 3. The SMILES string of the molecule is NNC(C1CCCCC1)C1CCC1. The van der Waals surface area contributed by atoms with Gasteiger partial charge in [-0.2, -0.15) is 0 Å². The largest absolute Gasteiger partial charge is 0.271 e. The van der Waals surface area contributed by atoms with Gasteiger partial charge in [0.15, 0.2) is 0 Å². The molecule has 2 fully saturated rings. The normalized spacial score (nSPS) is 28.4. The predicted molar refractivity (Wildman–Crippen MR) is 55.0 cm³/mol. The van der Waals surface area contributed by atoms with Crippen molar-refractivity contribution in [3.05, 3.63) is 0 Å². The third-order valence-corrected chi connectivity index (χ3v) is 4.01. The van der Waals surface area contributed by atoms with E-state index in [0.717, 1.165) is 11.8 Å². The van der Waals surface area contributed by atoms with Crippen molar-refractivity contribution in [2.75, 3.05) is 0 Å². The summed E-state index contributed by atoms with van der Waals surface area (Å²) in [5.41, 5.74) is 3.07. The molecule has 0 aromatic heterocycles. The van der Waals surface area contributed by atoms with Gasteiger partial charge < -0.3 is 0 Å². The summed E-state index contributed by atoms with van der Waals surface area (Å²) in [7, 11) is 0. The molecule has 2 rings (SSSR count). The lowest BCUT2D eigenvalue weighted by molar-refractivity contribution is 0.147. The Morgan fingerprint density at radius 1 is 0.846 bits per heavy atom. The van der Waals surface area contributed by atoms with E-state index in [2.05, 4.69) is 5.43 Å². The second-order valence-electron chi connectivity index (χ2n) is 4.78. The summed E-state index contributed by atoms with van der Waals surface area (Å²) >= 11 is 0. The summed E-state index contributed by atoms with van der Waals surface area (Å²) < 4.78 is 0. The van der Waals surface area contributed by atoms with Crippen LogP contribution < -0.4 is 11.3 Å². The number of nitrogens with two attached hydrogens (primary N) is 1. The van der Waals surface area contributed by atoms with Crippen LogP contribution in [0, 0.1) is 11.8 Å². The van der Waals surface area contributed by atoms with Crippen LogP contribution in [0.4, 0.5) is 0 Å². The Kier molecular flexibility index (Phi) is 3.23. The van der Waals surface area contributed by atoms with Gasteiger partial charge in [-0.25, -0.2) is 0 Å². The van der Waals surface area contributed by atoms with Crippen molar-refractivity contribution in [1.82, 2.24) is 5.43 Å². The zero-order valence-electron chi connectivity index (χ0n) is 8.47. The minimum absolute atomic E-state index is 0.633. The van der Waals surface area contributed by atoms with Gasteiger partial charge in [0.25, 0.3) is 0 Å². The van der Waals surface area contributed by atoms with Crippen molar-refractivity contribution in [3.63, 3.8) is 0 Å². The molecule has 2 aliphatic carbocycles. The van der Waals surface area contributed by atoms with Crippen LogP contribution in [0.3, 0.4) is 0 Å². The highest BCUT2D eigenvalue weighted by atomic mass is 15.2. The average molecular weight is 182 g/mol. The zero-order chi connectivity index (χ0) is 9.10. The first-order chi connectivity index (χ1) is 6.42.